The number of aromatic nitrogens is 4. The van der Waals surface area contributed by atoms with E-state index in [9.17, 15) is 0 Å². The molecule has 0 spiro atoms. The van der Waals surface area contributed by atoms with Crippen molar-refractivity contribution < 1.29 is 24.5 Å². The molecule has 0 aliphatic carbocycles. The van der Waals surface area contributed by atoms with Gasteiger partial charge in [0.25, 0.3) is 0 Å². The number of hydrogen-bond donors (Lipinski definition) is 0. The second-order valence-electron chi connectivity index (χ2n) is 11.6. The van der Waals surface area contributed by atoms with Crippen LogP contribution in [-0.4, -0.2) is 32.8 Å². The van der Waals surface area contributed by atoms with Gasteiger partial charge in [-0.15, -0.1) is 35.9 Å². The Hall–Kier alpha value is -4.36. The third-order valence-electron chi connectivity index (χ3n) is 7.64. The van der Waals surface area contributed by atoms with E-state index in [0.717, 1.165) is 61.3 Å². The van der Waals surface area contributed by atoms with Crippen molar-refractivity contribution in [3.63, 3.8) is 0 Å². The molecule has 0 atom stereocenters. The summed E-state index contributed by atoms with van der Waals surface area (Å²) >= 11 is -1.97. The van der Waals surface area contributed by atoms with E-state index in [4.69, 9.17) is 9.40 Å². The van der Waals surface area contributed by atoms with Gasteiger partial charge in [0.05, 0.1) is 0 Å². The smallest absolute Gasteiger partial charge is 0.0160 e. The number of furan rings is 1. The maximum absolute atomic E-state index is 6.49. The Balaban J connectivity index is 0.000000231. The van der Waals surface area contributed by atoms with Crippen molar-refractivity contribution in [2.75, 3.05) is 0 Å². The van der Waals surface area contributed by atoms with Crippen molar-refractivity contribution in [2.24, 2.45) is 0 Å². The predicted octanol–water partition coefficient (Wildman–Crippen LogP) is 8.88. The summed E-state index contributed by atoms with van der Waals surface area (Å²) in [6, 6.07) is 43.3. The Morgan fingerprint density at radius 2 is 1.58 bits per heavy atom. The van der Waals surface area contributed by atoms with Gasteiger partial charge >= 0.3 is 189 Å². The molecule has 0 amide bonds. The van der Waals surface area contributed by atoms with Crippen LogP contribution in [0.4, 0.5) is 0 Å². The quantitative estimate of drug-likeness (QED) is 0.132. The zero-order chi connectivity index (χ0) is 30.1. The zero-order valence-corrected chi connectivity index (χ0v) is 29.6. The second kappa shape index (κ2) is 12.9. The molecule has 4 aromatic heterocycles. The summed E-state index contributed by atoms with van der Waals surface area (Å²) in [6.07, 6.45) is 5.40. The molecule has 0 bridgehead atoms. The molecule has 8 aromatic rings. The molecule has 1 radical (unpaired) electrons. The largest absolute Gasteiger partial charge is 0.305 e. The summed E-state index contributed by atoms with van der Waals surface area (Å²) in [5.74, 6) is 8.01. The molecule has 0 saturated heterocycles. The van der Waals surface area contributed by atoms with Crippen LogP contribution in [0.15, 0.2) is 132 Å². The van der Waals surface area contributed by atoms with Crippen LogP contribution < -0.4 is 4.40 Å². The molecule has 5 nitrogen and oxygen atoms in total. The molecular weight excluding hydrogens is 793 g/mol. The number of imidazole rings is 1. The van der Waals surface area contributed by atoms with Gasteiger partial charge in [0.15, 0.2) is 0 Å². The van der Waals surface area contributed by atoms with Crippen LogP contribution in [0.2, 0.25) is 17.3 Å². The van der Waals surface area contributed by atoms with Crippen molar-refractivity contribution in [3.05, 3.63) is 140 Å². The van der Waals surface area contributed by atoms with Gasteiger partial charge in [-0.1, -0.05) is 12.1 Å². The summed E-state index contributed by atoms with van der Waals surface area (Å²) < 4.78 is 10.1. The van der Waals surface area contributed by atoms with E-state index in [-0.39, 0.29) is 20.1 Å². The van der Waals surface area contributed by atoms with Gasteiger partial charge in [-0.25, -0.2) is 0 Å². The number of nitrogens with zero attached hydrogens (tertiary/aromatic N) is 4. The van der Waals surface area contributed by atoms with Crippen LogP contribution in [0, 0.1) is 12.1 Å². The summed E-state index contributed by atoms with van der Waals surface area (Å²) in [6.45, 7) is 0. The average molecular weight is 824 g/mol. The Bertz CT molecular complexity index is 2170. The molecule has 8 rings (SSSR count). The van der Waals surface area contributed by atoms with E-state index in [1.54, 1.807) is 18.6 Å². The number of fused-ring (bicyclic) bond motifs is 4. The molecule has 0 N–H and O–H groups in total. The number of rotatable bonds is 4. The van der Waals surface area contributed by atoms with Crippen LogP contribution in [0.1, 0.15) is 0 Å². The van der Waals surface area contributed by atoms with Crippen molar-refractivity contribution in [1.29, 1.82) is 0 Å². The third-order valence-corrected chi connectivity index (χ3v) is 11.9. The number of hydrogen-bond acceptors (Lipinski definition) is 4. The Morgan fingerprint density at radius 1 is 0.756 bits per heavy atom. The Labute approximate surface area is 278 Å². The van der Waals surface area contributed by atoms with Gasteiger partial charge in [-0.3, -0.25) is 0 Å². The molecule has 223 valence electrons. The number of para-hydroxylation sites is 1. The topological polar surface area (TPSA) is 56.7 Å². The van der Waals surface area contributed by atoms with Crippen molar-refractivity contribution >= 4 is 50.6 Å². The molecule has 0 saturated carbocycles. The molecule has 4 heterocycles. The van der Waals surface area contributed by atoms with Crippen molar-refractivity contribution in [2.45, 2.75) is 17.3 Å². The van der Waals surface area contributed by atoms with Crippen LogP contribution in [-0.2, 0) is 20.1 Å². The van der Waals surface area contributed by atoms with Gasteiger partial charge in [-0.05, 0) is 11.8 Å². The average Bonchev–Trinajstić information content (AvgIpc) is 3.64. The fourth-order valence-electron chi connectivity index (χ4n) is 5.39. The molecule has 4 aromatic carbocycles. The number of benzene rings is 4. The minimum atomic E-state index is -1.97. The third kappa shape index (κ3) is 6.14. The maximum atomic E-state index is 6.49. The van der Waals surface area contributed by atoms with E-state index < -0.39 is 13.3 Å². The van der Waals surface area contributed by atoms with Gasteiger partial charge in [0.2, 0.25) is 0 Å². The van der Waals surface area contributed by atoms with Crippen LogP contribution in [0.25, 0.3) is 61.3 Å². The summed E-state index contributed by atoms with van der Waals surface area (Å²) in [7, 11) is 0. The summed E-state index contributed by atoms with van der Waals surface area (Å²) in [5.41, 5.74) is 7.51. The molecule has 0 fully saturated rings. The van der Waals surface area contributed by atoms with E-state index >= 15 is 0 Å². The molecule has 7 heteroatoms. The van der Waals surface area contributed by atoms with E-state index in [1.165, 1.54) is 4.40 Å². The van der Waals surface area contributed by atoms with Gasteiger partial charge in [-0.2, -0.15) is 0 Å². The number of pyridine rings is 2. The molecule has 0 unspecified atom stereocenters. The van der Waals surface area contributed by atoms with Crippen LogP contribution in [0.3, 0.4) is 0 Å². The maximum Gasteiger partial charge on any atom is 0.0160 e. The zero-order valence-electron chi connectivity index (χ0n) is 25.2. The van der Waals surface area contributed by atoms with E-state index in [1.807, 2.05) is 72.8 Å². The second-order valence-corrected chi connectivity index (χ2v) is 22.3. The van der Waals surface area contributed by atoms with Gasteiger partial charge in [0, 0.05) is 26.3 Å². The first-order valence-electron chi connectivity index (χ1n) is 14.6. The van der Waals surface area contributed by atoms with E-state index in [2.05, 4.69) is 80.3 Å². The predicted molar refractivity (Wildman–Crippen MR) is 182 cm³/mol. The summed E-state index contributed by atoms with van der Waals surface area (Å²) in [5, 5.41) is 2.22. The fourth-order valence-corrected chi connectivity index (χ4v) is 7.79. The first kappa shape index (κ1) is 30.7. The molecule has 0 aliphatic heterocycles. The SMILES string of the molecule is [CH3][Ge]([CH3])([CH3])[c]1ccc2c(c1)oc1c(-c3nc4cnccc4n3-c3ccccc3)[c-]ccc12.[Ir].[c-]1ccccc1-c1ccccn1. The minimum Gasteiger partial charge on any atom is -0.305 e. The first-order valence-corrected chi connectivity index (χ1v) is 22.0. The summed E-state index contributed by atoms with van der Waals surface area (Å²) in [4.78, 5) is 13.5. The monoisotopic (exact) mass is 825 g/mol. The minimum absolute atomic E-state index is 0. The molecular formula is C38H30GeIrN4O-2. The van der Waals surface area contributed by atoms with Gasteiger partial charge < -0.3 is 4.98 Å². The Morgan fingerprint density at radius 3 is 2.33 bits per heavy atom. The van der Waals surface area contributed by atoms with Crippen molar-refractivity contribution in [1.82, 2.24) is 19.5 Å². The fraction of sp³-hybridized carbons (Fsp3) is 0.0789. The first-order chi connectivity index (χ1) is 21.5. The normalized spacial score (nSPS) is 11.3. The van der Waals surface area contributed by atoms with Crippen LogP contribution >= 0.6 is 0 Å². The van der Waals surface area contributed by atoms with Gasteiger partial charge in [0.1, 0.15) is 0 Å². The van der Waals surface area contributed by atoms with E-state index in [0.29, 0.717) is 0 Å². The standard InChI is InChI=1S/C27H22GeN3O.C11H8N.Ir/c1-28(2,3)18-12-13-20-21-10-7-11-22(26(21)32-25(20)16-18)27-30-23-17-29-15-14-24(23)31(27)19-8-5-4-6-9-19;1-2-6-10(7-3-1)11-8-4-5-9-12-11;/h4-10,12-17H,1-3H3;1-6,8-9H;/q2*-1;. The molecule has 45 heavy (non-hydrogen) atoms. The van der Waals surface area contributed by atoms with Crippen molar-refractivity contribution in [3.8, 4) is 28.3 Å². The Kier molecular flexibility index (Phi) is 8.81. The van der Waals surface area contributed by atoms with Crippen LogP contribution in [0.5, 0.6) is 0 Å². The molecule has 0 aliphatic rings.